The van der Waals surface area contributed by atoms with Crippen LogP contribution in [-0.2, 0) is 4.74 Å². The molecule has 48 heavy (non-hydrogen) atoms. The van der Waals surface area contributed by atoms with Gasteiger partial charge in [0.05, 0.1) is 24.0 Å². The van der Waals surface area contributed by atoms with E-state index in [-0.39, 0.29) is 6.10 Å². The number of hydrogen-bond donors (Lipinski definition) is 2. The van der Waals surface area contributed by atoms with Gasteiger partial charge in [0, 0.05) is 60.1 Å². The van der Waals surface area contributed by atoms with Gasteiger partial charge in [-0.05, 0) is 62.7 Å². The summed E-state index contributed by atoms with van der Waals surface area (Å²) in [6.07, 6.45) is 4.73. The number of nitrogens with zero attached hydrogens (tertiary/aromatic N) is 6. The molecular weight excluding hydrogens is 600 g/mol. The fourth-order valence-electron chi connectivity index (χ4n) is 5.89. The number of pyridine rings is 1. The van der Waals surface area contributed by atoms with Crippen LogP contribution in [0.5, 0.6) is 11.6 Å². The summed E-state index contributed by atoms with van der Waals surface area (Å²) in [5.74, 6) is 2.37. The number of nitrogens with one attached hydrogen (secondary N) is 2. The fraction of sp³-hybridized carbons (Fsp3) is 0.237. The largest absolute Gasteiger partial charge is 0.438 e. The molecule has 4 heterocycles. The van der Waals surface area contributed by atoms with Gasteiger partial charge < -0.3 is 20.1 Å². The molecule has 0 spiro atoms. The van der Waals surface area contributed by atoms with E-state index in [4.69, 9.17) is 14.5 Å². The predicted octanol–water partition coefficient (Wildman–Crippen LogP) is 7.60. The Labute approximate surface area is 280 Å². The molecule has 0 aliphatic carbocycles. The van der Waals surface area contributed by atoms with Crippen LogP contribution in [0.1, 0.15) is 20.3 Å². The van der Waals surface area contributed by atoms with Crippen molar-refractivity contribution in [1.82, 2.24) is 30.0 Å². The molecule has 0 amide bonds. The molecule has 6 aromatic rings. The second-order valence-corrected chi connectivity index (χ2v) is 12.0. The summed E-state index contributed by atoms with van der Waals surface area (Å²) in [4.78, 5) is 16.2. The first-order valence-corrected chi connectivity index (χ1v) is 16.3. The average Bonchev–Trinajstić information content (AvgIpc) is 3.13. The number of hydrogen-bond acceptors (Lipinski definition) is 10. The van der Waals surface area contributed by atoms with Crippen LogP contribution in [0, 0.1) is 0 Å². The highest BCUT2D eigenvalue weighted by molar-refractivity contribution is 6.00. The molecule has 0 bridgehead atoms. The Morgan fingerprint density at radius 1 is 0.833 bits per heavy atom. The summed E-state index contributed by atoms with van der Waals surface area (Å²) in [5.41, 5.74) is 4.25. The molecular formula is C38H38N8O2. The van der Waals surface area contributed by atoms with Crippen LogP contribution < -0.4 is 15.4 Å². The van der Waals surface area contributed by atoms with E-state index in [1.165, 1.54) is 0 Å². The third-order valence-corrected chi connectivity index (χ3v) is 8.41. The lowest BCUT2D eigenvalue weighted by Gasteiger charge is -2.36. The summed E-state index contributed by atoms with van der Waals surface area (Å²) in [7, 11) is 0. The van der Waals surface area contributed by atoms with Crippen LogP contribution in [-0.4, -0.2) is 68.4 Å². The van der Waals surface area contributed by atoms with Gasteiger partial charge in [-0.15, -0.1) is 10.2 Å². The molecule has 10 heteroatoms. The first-order chi connectivity index (χ1) is 23.6. The van der Waals surface area contributed by atoms with Crippen LogP contribution in [0.3, 0.4) is 0 Å². The lowest BCUT2D eigenvalue weighted by Crippen LogP contribution is -2.47. The Bertz CT molecular complexity index is 1970. The molecule has 1 aliphatic rings. The summed E-state index contributed by atoms with van der Waals surface area (Å²) < 4.78 is 12.0. The maximum Gasteiger partial charge on any atom is 0.228 e. The molecule has 1 fully saturated rings. The highest BCUT2D eigenvalue weighted by atomic mass is 16.5. The van der Waals surface area contributed by atoms with Crippen molar-refractivity contribution >= 4 is 28.2 Å². The van der Waals surface area contributed by atoms with Crippen molar-refractivity contribution in [3.63, 3.8) is 0 Å². The highest BCUT2D eigenvalue weighted by Gasteiger charge is 2.22. The van der Waals surface area contributed by atoms with Gasteiger partial charge in [0.2, 0.25) is 11.8 Å². The highest BCUT2D eigenvalue weighted by Crippen LogP contribution is 2.33. The molecule has 0 saturated carbocycles. The normalized spacial score (nSPS) is 16.5. The smallest absolute Gasteiger partial charge is 0.228 e. The minimum Gasteiger partial charge on any atom is -0.438 e. The lowest BCUT2D eigenvalue weighted by molar-refractivity contribution is -0.0491. The van der Waals surface area contributed by atoms with Crippen molar-refractivity contribution < 1.29 is 9.47 Å². The van der Waals surface area contributed by atoms with Crippen molar-refractivity contribution in [3.05, 3.63) is 109 Å². The maximum absolute atomic E-state index is 6.26. The van der Waals surface area contributed by atoms with Crippen molar-refractivity contribution in [2.24, 2.45) is 0 Å². The molecule has 10 nitrogen and oxygen atoms in total. The molecule has 0 unspecified atom stereocenters. The van der Waals surface area contributed by atoms with Crippen LogP contribution in [0.15, 0.2) is 109 Å². The van der Waals surface area contributed by atoms with E-state index in [0.29, 0.717) is 29.4 Å². The van der Waals surface area contributed by atoms with Crippen LogP contribution in [0.25, 0.3) is 33.3 Å². The quantitative estimate of drug-likeness (QED) is 0.138. The number of benzene rings is 3. The van der Waals surface area contributed by atoms with Crippen LogP contribution >= 0.6 is 0 Å². The summed E-state index contributed by atoms with van der Waals surface area (Å²) in [6.45, 7) is 7.87. The second-order valence-electron chi connectivity index (χ2n) is 12.0. The Balaban J connectivity index is 1.01. The van der Waals surface area contributed by atoms with Crippen molar-refractivity contribution in [2.75, 3.05) is 36.9 Å². The predicted molar refractivity (Wildman–Crippen MR) is 190 cm³/mol. The molecule has 2 atom stereocenters. The first kappa shape index (κ1) is 31.2. The molecule has 2 N–H and O–H groups in total. The number of aromatic nitrogens is 5. The van der Waals surface area contributed by atoms with E-state index in [1.807, 2.05) is 84.9 Å². The standard InChI is InChI=1S/C38H38N8O2/c1-26-25-47-27(2)24-46(26)23-9-21-40-38-41-22-19-34(43-38)33-14-8-20-39-37(33)48-30-17-15-29(16-18-30)42-36-32-13-7-6-12-31(32)35(44-45-36)28-10-4-3-5-11-28/h3-8,10-20,22,26-27H,9,21,23-25H2,1-2H3,(H,42,45)(H,40,41,43)/t26-,27-/m0/s1. The number of morpholine rings is 1. The SMILES string of the molecule is C[C@H]1CN(CCCNc2nccc(-c3cccnc3Oc3ccc(Nc4nnc(-c5ccccc5)c5ccccc45)cc3)n2)[C@@H](C)CO1. The van der Waals surface area contributed by atoms with Gasteiger partial charge in [-0.1, -0.05) is 54.6 Å². The van der Waals surface area contributed by atoms with Crippen molar-refractivity contribution in [1.29, 1.82) is 0 Å². The lowest BCUT2D eigenvalue weighted by atomic mass is 10.0. The molecule has 7 rings (SSSR count). The summed E-state index contributed by atoms with van der Waals surface area (Å²) >= 11 is 0. The molecule has 0 radical (unpaired) electrons. The Morgan fingerprint density at radius 3 is 2.50 bits per heavy atom. The van der Waals surface area contributed by atoms with E-state index in [0.717, 1.165) is 71.6 Å². The minimum absolute atomic E-state index is 0.277. The van der Waals surface area contributed by atoms with Gasteiger partial charge in [0.15, 0.2) is 5.82 Å². The molecule has 3 aromatic carbocycles. The maximum atomic E-state index is 6.26. The Kier molecular flexibility index (Phi) is 9.44. The van der Waals surface area contributed by atoms with Gasteiger partial charge in [0.1, 0.15) is 11.4 Å². The zero-order valence-corrected chi connectivity index (χ0v) is 27.1. The fourth-order valence-corrected chi connectivity index (χ4v) is 5.89. The van der Waals surface area contributed by atoms with Crippen LogP contribution in [0.4, 0.5) is 17.5 Å². The van der Waals surface area contributed by atoms with Gasteiger partial charge in [0.25, 0.3) is 0 Å². The van der Waals surface area contributed by atoms with E-state index < -0.39 is 0 Å². The van der Waals surface area contributed by atoms with E-state index >= 15 is 0 Å². The number of anilines is 3. The van der Waals surface area contributed by atoms with E-state index in [9.17, 15) is 0 Å². The summed E-state index contributed by atoms with van der Waals surface area (Å²) in [5, 5.41) is 17.9. The average molecular weight is 639 g/mol. The molecule has 3 aromatic heterocycles. The van der Waals surface area contributed by atoms with Gasteiger partial charge >= 0.3 is 0 Å². The number of fused-ring (bicyclic) bond motifs is 1. The monoisotopic (exact) mass is 638 g/mol. The van der Waals surface area contributed by atoms with Crippen molar-refractivity contribution in [3.8, 4) is 34.1 Å². The molecule has 1 aliphatic heterocycles. The third kappa shape index (κ3) is 7.25. The van der Waals surface area contributed by atoms with Crippen molar-refractivity contribution in [2.45, 2.75) is 32.4 Å². The van der Waals surface area contributed by atoms with Crippen LogP contribution in [0.2, 0.25) is 0 Å². The number of rotatable bonds is 11. The first-order valence-electron chi connectivity index (χ1n) is 16.3. The zero-order valence-electron chi connectivity index (χ0n) is 27.1. The van der Waals surface area contributed by atoms with E-state index in [1.54, 1.807) is 12.4 Å². The summed E-state index contributed by atoms with van der Waals surface area (Å²) in [6, 6.07) is 32.1. The topological polar surface area (TPSA) is 110 Å². The Hall–Kier alpha value is -5.45. The molecule has 242 valence electrons. The van der Waals surface area contributed by atoms with Gasteiger partial charge in [-0.2, -0.15) is 0 Å². The van der Waals surface area contributed by atoms with E-state index in [2.05, 4.69) is 61.7 Å². The third-order valence-electron chi connectivity index (χ3n) is 8.41. The van der Waals surface area contributed by atoms with Gasteiger partial charge in [-0.25, -0.2) is 15.0 Å². The number of ether oxygens (including phenoxy) is 2. The second kappa shape index (κ2) is 14.5. The van der Waals surface area contributed by atoms with Gasteiger partial charge in [-0.3, -0.25) is 4.90 Å². The molecule has 1 saturated heterocycles. The zero-order chi connectivity index (χ0) is 32.7. The minimum atomic E-state index is 0.277. The Morgan fingerprint density at radius 2 is 1.65 bits per heavy atom.